The number of halogens is 2. The van der Waals surface area contributed by atoms with E-state index in [-0.39, 0.29) is 12.4 Å². The predicted molar refractivity (Wildman–Crippen MR) is 48.3 cm³/mol. The number of nitrogens with one attached hydrogen (secondary N) is 1. The van der Waals surface area contributed by atoms with Gasteiger partial charge < -0.3 is 9.84 Å². The van der Waals surface area contributed by atoms with Gasteiger partial charge in [0.05, 0.1) is 13.1 Å². The molecule has 0 aliphatic heterocycles. The Hall–Kier alpha value is -1.83. The van der Waals surface area contributed by atoms with Crippen LogP contribution in [0.5, 0.6) is 0 Å². The second kappa shape index (κ2) is 4.79. The van der Waals surface area contributed by atoms with E-state index in [1.165, 1.54) is 18.8 Å². The van der Waals surface area contributed by atoms with Crippen molar-refractivity contribution in [3.05, 3.63) is 30.4 Å². The molecule has 0 fully saturated rings. The van der Waals surface area contributed by atoms with Crippen molar-refractivity contribution in [2.75, 3.05) is 0 Å². The van der Waals surface area contributed by atoms with Crippen LogP contribution in [0.1, 0.15) is 18.2 Å². The molecule has 0 atom stereocenters. The van der Waals surface area contributed by atoms with Crippen LogP contribution in [0.3, 0.4) is 0 Å². The zero-order valence-corrected chi connectivity index (χ0v) is 8.18. The highest BCUT2D eigenvalue weighted by Crippen LogP contribution is 2.11. The van der Waals surface area contributed by atoms with Crippen LogP contribution in [0.4, 0.5) is 8.78 Å². The van der Waals surface area contributed by atoms with Gasteiger partial charge in [0.25, 0.3) is 0 Å². The second-order valence-corrected chi connectivity index (χ2v) is 2.98. The molecular weight excluding hydrogens is 220 g/mol. The van der Waals surface area contributed by atoms with Gasteiger partial charge in [0, 0.05) is 12.4 Å². The van der Waals surface area contributed by atoms with E-state index in [0.29, 0.717) is 12.4 Å². The maximum Gasteiger partial charge on any atom is 0.319 e. The maximum atomic E-state index is 12.4. The van der Waals surface area contributed by atoms with E-state index in [4.69, 9.17) is 0 Å². The first-order valence-electron chi connectivity index (χ1n) is 4.53. The lowest BCUT2D eigenvalue weighted by molar-refractivity contribution is 0.0666. The Kier molecular flexibility index (Phi) is 3.20. The molecule has 1 N–H and O–H groups in total. The van der Waals surface area contributed by atoms with Gasteiger partial charge in [0.2, 0.25) is 6.39 Å². The molecule has 2 heterocycles. The van der Waals surface area contributed by atoms with E-state index in [1.807, 2.05) is 0 Å². The minimum atomic E-state index is -2.58. The lowest BCUT2D eigenvalue weighted by Crippen LogP contribution is -2.17. The molecule has 0 aliphatic rings. The van der Waals surface area contributed by atoms with E-state index >= 15 is 0 Å². The Balaban J connectivity index is 1.87. The summed E-state index contributed by atoms with van der Waals surface area (Å²) in [6.45, 7) is -2.03. The van der Waals surface area contributed by atoms with Gasteiger partial charge >= 0.3 is 6.55 Å². The number of imidazole rings is 1. The molecular formula is C8H9F2N5O. The van der Waals surface area contributed by atoms with Crippen LogP contribution in [-0.4, -0.2) is 19.7 Å². The molecule has 16 heavy (non-hydrogen) atoms. The van der Waals surface area contributed by atoms with Gasteiger partial charge in [-0.25, -0.2) is 4.98 Å². The first-order chi connectivity index (χ1) is 7.77. The minimum absolute atomic E-state index is 0.214. The first-order valence-corrected chi connectivity index (χ1v) is 4.53. The van der Waals surface area contributed by atoms with E-state index < -0.39 is 6.55 Å². The largest absolute Gasteiger partial charge is 0.343 e. The van der Waals surface area contributed by atoms with Crippen molar-refractivity contribution in [1.82, 2.24) is 25.0 Å². The van der Waals surface area contributed by atoms with Crippen LogP contribution in [0.2, 0.25) is 0 Å². The van der Waals surface area contributed by atoms with Crippen LogP contribution in [-0.2, 0) is 13.1 Å². The average molecular weight is 229 g/mol. The third kappa shape index (κ3) is 2.40. The maximum absolute atomic E-state index is 12.4. The molecule has 0 bridgehead atoms. The summed E-state index contributed by atoms with van der Waals surface area (Å²) in [6, 6.07) is 0. The normalized spacial score (nSPS) is 11.2. The molecule has 0 saturated carbocycles. The molecule has 0 amide bonds. The zero-order chi connectivity index (χ0) is 11.4. The molecule has 0 unspecified atom stereocenters. The third-order valence-electron chi connectivity index (χ3n) is 1.93. The zero-order valence-electron chi connectivity index (χ0n) is 8.18. The topological polar surface area (TPSA) is 68.8 Å². The lowest BCUT2D eigenvalue weighted by Gasteiger charge is -2.06. The van der Waals surface area contributed by atoms with E-state index in [1.54, 1.807) is 0 Å². The molecule has 86 valence electrons. The number of alkyl halides is 2. The Morgan fingerprint density at radius 3 is 2.94 bits per heavy atom. The molecule has 0 aliphatic carbocycles. The van der Waals surface area contributed by atoms with Crippen LogP contribution >= 0.6 is 0 Å². The van der Waals surface area contributed by atoms with Gasteiger partial charge in [-0.3, -0.25) is 4.57 Å². The predicted octanol–water partition coefficient (Wildman–Crippen LogP) is 0.951. The summed E-state index contributed by atoms with van der Waals surface area (Å²) in [4.78, 5) is 7.59. The summed E-state index contributed by atoms with van der Waals surface area (Å²) in [5, 5.41) is 6.45. The van der Waals surface area contributed by atoms with Crippen LogP contribution in [0, 0.1) is 0 Å². The summed E-state index contributed by atoms with van der Waals surface area (Å²) in [6.07, 6.45) is 3.77. The monoisotopic (exact) mass is 229 g/mol. The summed E-state index contributed by atoms with van der Waals surface area (Å²) >= 11 is 0. The van der Waals surface area contributed by atoms with Gasteiger partial charge in [-0.15, -0.1) is 0 Å². The average Bonchev–Trinajstić information content (AvgIpc) is 2.87. The van der Waals surface area contributed by atoms with Crippen molar-refractivity contribution in [2.24, 2.45) is 0 Å². The SMILES string of the molecule is FC(F)n1ccnc1CNCc1ncon1. The van der Waals surface area contributed by atoms with E-state index in [2.05, 4.69) is 25.0 Å². The van der Waals surface area contributed by atoms with Crippen LogP contribution in [0.25, 0.3) is 0 Å². The summed E-state index contributed by atoms with van der Waals surface area (Å²) in [5.41, 5.74) is 0. The molecule has 0 radical (unpaired) electrons. The molecule has 8 heteroatoms. The first kappa shape index (κ1) is 10.7. The van der Waals surface area contributed by atoms with E-state index in [9.17, 15) is 8.78 Å². The fourth-order valence-electron chi connectivity index (χ4n) is 1.21. The second-order valence-electron chi connectivity index (χ2n) is 2.98. The molecule has 2 aromatic rings. The van der Waals surface area contributed by atoms with Crippen molar-refractivity contribution in [2.45, 2.75) is 19.6 Å². The number of nitrogens with zero attached hydrogens (tertiary/aromatic N) is 4. The molecule has 0 spiro atoms. The molecule has 2 rings (SSSR count). The van der Waals surface area contributed by atoms with Crippen LogP contribution in [0.15, 0.2) is 23.3 Å². The van der Waals surface area contributed by atoms with Crippen molar-refractivity contribution < 1.29 is 13.3 Å². The third-order valence-corrected chi connectivity index (χ3v) is 1.93. The smallest absolute Gasteiger partial charge is 0.319 e. The summed E-state index contributed by atoms with van der Waals surface area (Å²) in [7, 11) is 0. The minimum Gasteiger partial charge on any atom is -0.343 e. The highest BCUT2D eigenvalue weighted by molar-refractivity contribution is 4.92. The fourth-order valence-corrected chi connectivity index (χ4v) is 1.21. The van der Waals surface area contributed by atoms with Crippen molar-refractivity contribution in [3.63, 3.8) is 0 Å². The number of aromatic nitrogens is 4. The Morgan fingerprint density at radius 1 is 1.38 bits per heavy atom. The summed E-state index contributed by atoms with van der Waals surface area (Å²) < 4.78 is 30.2. The molecule has 0 aromatic carbocycles. The lowest BCUT2D eigenvalue weighted by atomic mass is 10.5. The number of hydrogen-bond donors (Lipinski definition) is 1. The van der Waals surface area contributed by atoms with Crippen molar-refractivity contribution in [3.8, 4) is 0 Å². The summed E-state index contributed by atoms with van der Waals surface area (Å²) in [5.74, 6) is 0.730. The highest BCUT2D eigenvalue weighted by Gasteiger charge is 2.10. The van der Waals surface area contributed by atoms with E-state index in [0.717, 1.165) is 4.57 Å². The fraction of sp³-hybridized carbons (Fsp3) is 0.375. The van der Waals surface area contributed by atoms with Gasteiger partial charge in [-0.1, -0.05) is 5.16 Å². The highest BCUT2D eigenvalue weighted by atomic mass is 19.3. The molecule has 0 saturated heterocycles. The van der Waals surface area contributed by atoms with Gasteiger partial charge in [-0.05, 0) is 0 Å². The standard InChI is InChI=1S/C8H9F2N5O/c9-8(10)15-2-1-12-7(15)4-11-3-6-13-5-16-14-6/h1-2,5,8,11H,3-4H2. The van der Waals surface area contributed by atoms with Gasteiger partial charge in [0.1, 0.15) is 5.82 Å². The number of rotatable bonds is 5. The number of hydrogen-bond acceptors (Lipinski definition) is 5. The van der Waals surface area contributed by atoms with Gasteiger partial charge in [-0.2, -0.15) is 13.8 Å². The van der Waals surface area contributed by atoms with Crippen molar-refractivity contribution in [1.29, 1.82) is 0 Å². The quantitative estimate of drug-likeness (QED) is 0.826. The molecule has 6 nitrogen and oxygen atoms in total. The van der Waals surface area contributed by atoms with Gasteiger partial charge in [0.15, 0.2) is 5.82 Å². The van der Waals surface area contributed by atoms with Crippen molar-refractivity contribution >= 4 is 0 Å². The molecule has 2 aromatic heterocycles. The van der Waals surface area contributed by atoms with Crippen LogP contribution < -0.4 is 5.32 Å². The Labute approximate surface area is 89.3 Å². The Morgan fingerprint density at radius 2 is 2.25 bits per heavy atom. The Bertz CT molecular complexity index is 427.